The van der Waals surface area contributed by atoms with E-state index in [0.717, 1.165) is 14.9 Å². The first-order valence-electron chi connectivity index (χ1n) is 10.7. The molecule has 3 aromatic rings. The molecule has 2 aliphatic rings. The van der Waals surface area contributed by atoms with Crippen LogP contribution in [0.1, 0.15) is 37.9 Å². The van der Waals surface area contributed by atoms with E-state index >= 15 is 0 Å². The maximum absolute atomic E-state index is 13.7. The molecule has 3 amide bonds. The highest BCUT2D eigenvalue weighted by atomic mass is 79.9. The molecule has 0 aromatic heterocycles. The monoisotopic (exact) mass is 613 g/mol. The van der Waals surface area contributed by atoms with Crippen molar-refractivity contribution in [1.82, 2.24) is 4.90 Å². The summed E-state index contributed by atoms with van der Waals surface area (Å²) < 4.78 is 7.12. The molecule has 11 heteroatoms. The van der Waals surface area contributed by atoms with Gasteiger partial charge in [-0.05, 0) is 55.0 Å². The topological polar surface area (TPSA) is 110 Å². The molecular formula is C25H17Br2N3O6. The van der Waals surface area contributed by atoms with Gasteiger partial charge in [0.25, 0.3) is 23.4 Å². The number of halogens is 2. The van der Waals surface area contributed by atoms with Crippen LogP contribution in [0.15, 0.2) is 63.5 Å². The van der Waals surface area contributed by atoms with Gasteiger partial charge in [-0.25, -0.2) is 0 Å². The van der Waals surface area contributed by atoms with Crippen molar-refractivity contribution in [1.29, 1.82) is 0 Å². The minimum Gasteiger partial charge on any atom is -0.496 e. The zero-order chi connectivity index (χ0) is 25.9. The fourth-order valence-corrected chi connectivity index (χ4v) is 5.35. The second kappa shape index (κ2) is 8.82. The largest absolute Gasteiger partial charge is 0.496 e. The Labute approximate surface area is 222 Å². The Morgan fingerprint density at radius 1 is 0.944 bits per heavy atom. The van der Waals surface area contributed by atoms with Crippen LogP contribution in [0.2, 0.25) is 0 Å². The zero-order valence-electron chi connectivity index (χ0n) is 18.9. The number of carbonyl (C=O) groups excluding carboxylic acids is 3. The minimum absolute atomic E-state index is 0.0973. The van der Waals surface area contributed by atoms with Gasteiger partial charge in [0.05, 0.1) is 23.6 Å². The number of β-lactam (4-membered cyclic amide) rings is 1. The maximum atomic E-state index is 13.7. The van der Waals surface area contributed by atoms with E-state index in [1.807, 2.05) is 19.1 Å². The zero-order valence-corrected chi connectivity index (χ0v) is 22.1. The summed E-state index contributed by atoms with van der Waals surface area (Å²) in [6.07, 6.45) is 0. The standard InChI is InChI=1S/C25H17Br2N3O6/c1-12-10-14(7-8-17(12)27)28-21(16-11-13(26)6-9-19(16)36-2)22(25(28)33)29-23(31)15-4-3-5-18(30(34)35)20(15)24(29)32/h3-11,21-22H,1-2H3/t21-,22-/m0/s1. The van der Waals surface area contributed by atoms with Crippen LogP contribution >= 0.6 is 31.9 Å². The maximum Gasteiger partial charge on any atom is 0.282 e. The Kier molecular flexibility index (Phi) is 5.92. The first-order chi connectivity index (χ1) is 17.1. The number of nitro groups is 1. The molecular weight excluding hydrogens is 598 g/mol. The highest BCUT2D eigenvalue weighted by molar-refractivity contribution is 9.10. The van der Waals surface area contributed by atoms with Gasteiger partial charge in [0.1, 0.15) is 17.4 Å². The van der Waals surface area contributed by atoms with Gasteiger partial charge < -0.3 is 9.64 Å². The van der Waals surface area contributed by atoms with E-state index in [2.05, 4.69) is 31.9 Å². The van der Waals surface area contributed by atoms with E-state index in [1.54, 1.807) is 24.3 Å². The molecule has 5 rings (SSSR count). The lowest BCUT2D eigenvalue weighted by atomic mass is 9.85. The number of hydrogen-bond acceptors (Lipinski definition) is 6. The highest BCUT2D eigenvalue weighted by Crippen LogP contribution is 2.48. The molecule has 9 nitrogen and oxygen atoms in total. The van der Waals surface area contributed by atoms with Crippen molar-refractivity contribution in [3.05, 3.63) is 95.9 Å². The van der Waals surface area contributed by atoms with E-state index in [-0.39, 0.29) is 11.1 Å². The van der Waals surface area contributed by atoms with Crippen LogP contribution < -0.4 is 9.64 Å². The number of fused-ring (bicyclic) bond motifs is 1. The third-order valence-corrected chi connectivity index (χ3v) is 7.78. The number of rotatable bonds is 5. The van der Waals surface area contributed by atoms with Crippen LogP contribution in [-0.2, 0) is 4.79 Å². The number of hydrogen-bond donors (Lipinski definition) is 0. The summed E-state index contributed by atoms with van der Waals surface area (Å²) in [6, 6.07) is 12.5. The van der Waals surface area contributed by atoms with Crippen LogP contribution in [0.25, 0.3) is 0 Å². The number of amides is 3. The van der Waals surface area contributed by atoms with Crippen molar-refractivity contribution in [3.63, 3.8) is 0 Å². The number of anilines is 1. The molecule has 2 aliphatic heterocycles. The van der Waals surface area contributed by atoms with Gasteiger partial charge in [-0.15, -0.1) is 0 Å². The predicted octanol–water partition coefficient (Wildman–Crippen LogP) is 5.19. The summed E-state index contributed by atoms with van der Waals surface area (Å²) in [5, 5.41) is 11.6. The second-order valence-electron chi connectivity index (χ2n) is 8.35. The van der Waals surface area contributed by atoms with E-state index in [1.165, 1.54) is 30.2 Å². The van der Waals surface area contributed by atoms with E-state index in [0.29, 0.717) is 21.5 Å². The fraction of sp³-hybridized carbons (Fsp3) is 0.160. The molecule has 3 aromatic carbocycles. The van der Waals surface area contributed by atoms with Crippen molar-refractivity contribution in [3.8, 4) is 5.75 Å². The normalized spacial score (nSPS) is 18.8. The molecule has 0 aliphatic carbocycles. The molecule has 2 atom stereocenters. The third kappa shape index (κ3) is 3.53. The number of imide groups is 1. The molecule has 1 saturated heterocycles. The summed E-state index contributed by atoms with van der Waals surface area (Å²) in [7, 11) is 1.49. The molecule has 0 N–H and O–H groups in total. The first-order valence-corrected chi connectivity index (χ1v) is 12.3. The highest BCUT2D eigenvalue weighted by Gasteiger charge is 2.59. The molecule has 0 spiro atoms. The summed E-state index contributed by atoms with van der Waals surface area (Å²) in [5.74, 6) is -1.64. The van der Waals surface area contributed by atoms with Gasteiger partial charge >= 0.3 is 0 Å². The summed E-state index contributed by atoms with van der Waals surface area (Å²) in [5.41, 5.74) is 1.16. The second-order valence-corrected chi connectivity index (χ2v) is 10.1. The number of aryl methyl sites for hydroxylation is 1. The van der Waals surface area contributed by atoms with Crippen molar-refractivity contribution < 1.29 is 24.0 Å². The third-order valence-electron chi connectivity index (χ3n) is 6.40. The molecule has 1 fully saturated rings. The summed E-state index contributed by atoms with van der Waals surface area (Å²) >= 11 is 6.91. The van der Waals surface area contributed by atoms with E-state index in [9.17, 15) is 24.5 Å². The van der Waals surface area contributed by atoms with Crippen molar-refractivity contribution in [2.75, 3.05) is 12.0 Å². The molecule has 182 valence electrons. The van der Waals surface area contributed by atoms with Gasteiger partial charge in [-0.2, -0.15) is 0 Å². The van der Waals surface area contributed by atoms with Gasteiger partial charge in [0.15, 0.2) is 0 Å². The lowest BCUT2D eigenvalue weighted by molar-refractivity contribution is -0.385. The number of ether oxygens (including phenoxy) is 1. The Bertz CT molecular complexity index is 1490. The Balaban J connectivity index is 1.66. The molecule has 0 bridgehead atoms. The van der Waals surface area contributed by atoms with Gasteiger partial charge in [-0.3, -0.25) is 29.4 Å². The van der Waals surface area contributed by atoms with Crippen molar-refractivity contribution in [2.24, 2.45) is 0 Å². The Hall–Kier alpha value is -3.57. The molecule has 36 heavy (non-hydrogen) atoms. The Morgan fingerprint density at radius 3 is 2.36 bits per heavy atom. The number of carbonyl (C=O) groups is 3. The number of nitro benzene ring substituents is 1. The lowest BCUT2D eigenvalue weighted by Gasteiger charge is -2.50. The van der Waals surface area contributed by atoms with Gasteiger partial charge in [0.2, 0.25) is 0 Å². The van der Waals surface area contributed by atoms with Crippen LogP contribution in [-0.4, -0.2) is 40.7 Å². The molecule has 0 unspecified atom stereocenters. The smallest absolute Gasteiger partial charge is 0.282 e. The lowest BCUT2D eigenvalue weighted by Crippen LogP contribution is -2.67. The van der Waals surface area contributed by atoms with Crippen LogP contribution in [0.3, 0.4) is 0 Å². The quantitative estimate of drug-likeness (QED) is 0.169. The fourth-order valence-electron chi connectivity index (χ4n) is 4.73. The SMILES string of the molecule is COc1ccc(Br)cc1[C@H]1[C@H](N2C(=O)c3cccc([N+](=O)[O-])c3C2=O)C(=O)N1c1ccc(Br)c(C)c1. The predicted molar refractivity (Wildman–Crippen MR) is 137 cm³/mol. The number of benzene rings is 3. The first kappa shape index (κ1) is 24.1. The van der Waals surface area contributed by atoms with Crippen LogP contribution in [0.4, 0.5) is 11.4 Å². The summed E-state index contributed by atoms with van der Waals surface area (Å²) in [4.78, 5) is 53.7. The van der Waals surface area contributed by atoms with E-state index in [4.69, 9.17) is 4.74 Å². The summed E-state index contributed by atoms with van der Waals surface area (Å²) in [6.45, 7) is 1.88. The van der Waals surface area contributed by atoms with Gasteiger partial charge in [-0.1, -0.05) is 37.9 Å². The average molecular weight is 615 g/mol. The molecule has 2 heterocycles. The van der Waals surface area contributed by atoms with Crippen molar-refractivity contribution in [2.45, 2.75) is 19.0 Å². The molecule has 0 radical (unpaired) electrons. The van der Waals surface area contributed by atoms with Crippen LogP contribution in [0, 0.1) is 17.0 Å². The van der Waals surface area contributed by atoms with E-state index < -0.39 is 40.4 Å². The minimum atomic E-state index is -1.22. The Morgan fingerprint density at radius 2 is 1.69 bits per heavy atom. The van der Waals surface area contributed by atoms with Crippen LogP contribution in [0.5, 0.6) is 5.75 Å². The van der Waals surface area contributed by atoms with Gasteiger partial charge in [0, 0.05) is 26.3 Å². The molecule has 0 saturated carbocycles. The number of methoxy groups -OCH3 is 1. The van der Waals surface area contributed by atoms with Crippen molar-refractivity contribution >= 4 is 61.0 Å². The average Bonchev–Trinajstić information content (AvgIpc) is 3.09. The number of nitrogens with zero attached hydrogens (tertiary/aromatic N) is 3.